The molecule has 0 radical (unpaired) electrons. The van der Waals surface area contributed by atoms with Crippen LogP contribution in [0.5, 0.6) is 0 Å². The third-order valence-corrected chi connectivity index (χ3v) is 2.43. The summed E-state index contributed by atoms with van der Waals surface area (Å²) in [6.07, 6.45) is 2.88. The Balaban J connectivity index is 2.23. The van der Waals surface area contributed by atoms with Gasteiger partial charge in [0.2, 0.25) is 0 Å². The summed E-state index contributed by atoms with van der Waals surface area (Å²) in [6.45, 7) is 7.41. The molecule has 0 aromatic rings. The molecular weight excluding hydrogens is 110 g/mol. The van der Waals surface area contributed by atoms with Gasteiger partial charge in [-0.3, -0.25) is 0 Å². The van der Waals surface area contributed by atoms with Crippen LogP contribution in [0.2, 0.25) is 0 Å². The number of rotatable bonds is 1. The first-order chi connectivity index (χ1) is 4.30. The minimum Gasteiger partial charge on any atom is -0.346 e. The topological polar surface area (TPSA) is 16.6 Å². The van der Waals surface area contributed by atoms with E-state index in [1.807, 2.05) is 0 Å². The molecule has 0 aromatic heterocycles. The molecule has 1 aliphatic rings. The largest absolute Gasteiger partial charge is 0.346 e. The molecule has 0 spiro atoms. The zero-order chi connectivity index (χ0) is 6.69. The zero-order valence-corrected chi connectivity index (χ0v) is 6.56. The molecule has 1 saturated heterocycles. The van der Waals surface area contributed by atoms with Crippen molar-refractivity contribution in [3.63, 3.8) is 0 Å². The molecule has 0 bridgehead atoms. The predicted molar refractivity (Wildman–Crippen MR) is 39.2 cm³/mol. The van der Waals surface area contributed by atoms with Crippen molar-refractivity contribution < 1.29 is 5.32 Å². The summed E-state index contributed by atoms with van der Waals surface area (Å²) >= 11 is 0. The lowest BCUT2D eigenvalue weighted by atomic mass is 9.87. The highest BCUT2D eigenvalue weighted by Crippen LogP contribution is 2.18. The number of nitrogens with two attached hydrogens (primary N) is 1. The molecule has 0 aromatic carbocycles. The van der Waals surface area contributed by atoms with Crippen LogP contribution in [0.4, 0.5) is 0 Å². The number of hydrogen-bond acceptors (Lipinski definition) is 0. The van der Waals surface area contributed by atoms with Gasteiger partial charge >= 0.3 is 0 Å². The van der Waals surface area contributed by atoms with Crippen LogP contribution < -0.4 is 5.32 Å². The fraction of sp³-hybridized carbons (Fsp3) is 1.00. The summed E-state index contributed by atoms with van der Waals surface area (Å²) < 4.78 is 0. The van der Waals surface area contributed by atoms with E-state index >= 15 is 0 Å². The summed E-state index contributed by atoms with van der Waals surface area (Å²) in [5.41, 5.74) is 0. The van der Waals surface area contributed by atoms with Gasteiger partial charge in [0.25, 0.3) is 0 Å². The van der Waals surface area contributed by atoms with E-state index in [1.165, 1.54) is 25.9 Å². The predicted octanol–water partition coefficient (Wildman–Crippen LogP) is 0.616. The Hall–Kier alpha value is -0.0400. The van der Waals surface area contributed by atoms with Gasteiger partial charge in [-0.15, -0.1) is 0 Å². The monoisotopic (exact) mass is 128 g/mol. The van der Waals surface area contributed by atoms with E-state index < -0.39 is 0 Å². The molecule has 1 nitrogen and oxygen atoms in total. The molecule has 9 heavy (non-hydrogen) atoms. The van der Waals surface area contributed by atoms with Crippen LogP contribution in [0.3, 0.4) is 0 Å². The van der Waals surface area contributed by atoms with Crippen molar-refractivity contribution in [2.24, 2.45) is 11.8 Å². The van der Waals surface area contributed by atoms with Crippen molar-refractivity contribution in [2.45, 2.75) is 26.7 Å². The Morgan fingerprint density at radius 2 is 1.78 bits per heavy atom. The third-order valence-electron chi connectivity index (χ3n) is 2.43. The quantitative estimate of drug-likeness (QED) is 0.533. The second-order valence-electron chi connectivity index (χ2n) is 3.45. The van der Waals surface area contributed by atoms with Gasteiger partial charge in [0.15, 0.2) is 0 Å². The Kier molecular flexibility index (Phi) is 2.52. The van der Waals surface area contributed by atoms with Crippen molar-refractivity contribution >= 4 is 0 Å². The molecule has 1 rings (SSSR count). The Morgan fingerprint density at radius 1 is 1.22 bits per heavy atom. The van der Waals surface area contributed by atoms with Gasteiger partial charge in [0.05, 0.1) is 13.1 Å². The van der Waals surface area contributed by atoms with Crippen LogP contribution in [0, 0.1) is 11.8 Å². The molecule has 1 heterocycles. The van der Waals surface area contributed by atoms with Gasteiger partial charge < -0.3 is 5.32 Å². The van der Waals surface area contributed by atoms with E-state index in [1.54, 1.807) is 0 Å². The van der Waals surface area contributed by atoms with Crippen molar-refractivity contribution in [3.8, 4) is 0 Å². The van der Waals surface area contributed by atoms with Crippen LogP contribution in [0.15, 0.2) is 0 Å². The van der Waals surface area contributed by atoms with Crippen LogP contribution in [0.1, 0.15) is 26.7 Å². The van der Waals surface area contributed by atoms with E-state index in [9.17, 15) is 0 Å². The highest BCUT2D eigenvalue weighted by molar-refractivity contribution is 4.63. The smallest absolute Gasteiger partial charge is 0.0758 e. The maximum Gasteiger partial charge on any atom is 0.0758 e. The fourth-order valence-corrected chi connectivity index (χ4v) is 1.62. The molecule has 0 amide bonds. The van der Waals surface area contributed by atoms with E-state index in [0.717, 1.165) is 11.8 Å². The normalized spacial score (nSPS) is 23.0. The molecule has 54 valence electrons. The first-order valence-electron chi connectivity index (χ1n) is 4.12. The summed E-state index contributed by atoms with van der Waals surface area (Å²) in [4.78, 5) is 0. The molecular formula is C8H18N+. The minimum absolute atomic E-state index is 0.915. The summed E-state index contributed by atoms with van der Waals surface area (Å²) in [6, 6.07) is 0. The Morgan fingerprint density at radius 3 is 2.11 bits per heavy atom. The van der Waals surface area contributed by atoms with Gasteiger partial charge in [-0.05, 0) is 24.7 Å². The molecule has 1 aliphatic heterocycles. The van der Waals surface area contributed by atoms with Crippen LogP contribution in [-0.2, 0) is 0 Å². The lowest BCUT2D eigenvalue weighted by molar-refractivity contribution is -0.665. The van der Waals surface area contributed by atoms with Crippen LogP contribution in [0.25, 0.3) is 0 Å². The maximum atomic E-state index is 2.43. The van der Waals surface area contributed by atoms with Gasteiger partial charge in [0, 0.05) is 0 Å². The summed E-state index contributed by atoms with van der Waals surface area (Å²) in [7, 11) is 0. The zero-order valence-electron chi connectivity index (χ0n) is 6.56. The third kappa shape index (κ3) is 1.98. The number of hydrogen-bond donors (Lipinski definition) is 1. The highest BCUT2D eigenvalue weighted by Gasteiger charge is 2.17. The second kappa shape index (κ2) is 3.21. The van der Waals surface area contributed by atoms with Crippen molar-refractivity contribution in [2.75, 3.05) is 13.1 Å². The van der Waals surface area contributed by atoms with Crippen molar-refractivity contribution in [1.82, 2.24) is 0 Å². The summed E-state index contributed by atoms with van der Waals surface area (Å²) in [5.74, 6) is 1.94. The first-order valence-corrected chi connectivity index (χ1v) is 4.12. The lowest BCUT2D eigenvalue weighted by Gasteiger charge is -2.23. The standard InChI is InChI=1S/C8H17N/c1-7(2)8-3-5-9-6-4-8/h7-9H,3-6H2,1-2H3/p+1. The average molecular weight is 128 g/mol. The average Bonchev–Trinajstić information content (AvgIpc) is 1.90. The molecule has 2 N–H and O–H groups in total. The van der Waals surface area contributed by atoms with E-state index in [4.69, 9.17) is 0 Å². The molecule has 1 fully saturated rings. The van der Waals surface area contributed by atoms with E-state index in [0.29, 0.717) is 0 Å². The minimum atomic E-state index is 0.915. The van der Waals surface area contributed by atoms with Gasteiger partial charge in [-0.1, -0.05) is 13.8 Å². The van der Waals surface area contributed by atoms with Gasteiger partial charge in [-0.25, -0.2) is 0 Å². The van der Waals surface area contributed by atoms with Crippen molar-refractivity contribution in [3.05, 3.63) is 0 Å². The first kappa shape index (κ1) is 7.07. The fourth-order valence-electron chi connectivity index (χ4n) is 1.62. The second-order valence-corrected chi connectivity index (χ2v) is 3.45. The maximum absolute atomic E-state index is 2.43. The highest BCUT2D eigenvalue weighted by atomic mass is 14.9. The molecule has 0 unspecified atom stereocenters. The van der Waals surface area contributed by atoms with Gasteiger partial charge in [-0.2, -0.15) is 0 Å². The van der Waals surface area contributed by atoms with Crippen molar-refractivity contribution in [1.29, 1.82) is 0 Å². The summed E-state index contributed by atoms with van der Waals surface area (Å²) in [5, 5.41) is 2.43. The molecule has 1 heteroatoms. The lowest BCUT2D eigenvalue weighted by Crippen LogP contribution is -2.86. The number of quaternary nitrogens is 1. The van der Waals surface area contributed by atoms with Crippen LogP contribution in [-0.4, -0.2) is 13.1 Å². The number of piperidine rings is 1. The van der Waals surface area contributed by atoms with Crippen LogP contribution >= 0.6 is 0 Å². The molecule has 0 atom stereocenters. The molecule has 0 aliphatic carbocycles. The Bertz CT molecular complexity index is 72.6. The SMILES string of the molecule is CC(C)C1CC[NH2+]CC1. The van der Waals surface area contributed by atoms with E-state index in [2.05, 4.69) is 19.2 Å². The van der Waals surface area contributed by atoms with E-state index in [-0.39, 0.29) is 0 Å². The van der Waals surface area contributed by atoms with Gasteiger partial charge in [0.1, 0.15) is 0 Å². The Labute approximate surface area is 57.8 Å². The molecule has 0 saturated carbocycles.